The van der Waals surface area contributed by atoms with Gasteiger partial charge in [-0.3, -0.25) is 0 Å². The predicted molar refractivity (Wildman–Crippen MR) is 90.0 cm³/mol. The van der Waals surface area contributed by atoms with E-state index in [0.29, 0.717) is 27.3 Å². The minimum absolute atomic E-state index is 0.233. The number of carbonyl (C=O) groups excluding carboxylic acids is 1. The molecule has 1 aliphatic rings. The van der Waals surface area contributed by atoms with Crippen molar-refractivity contribution in [2.75, 3.05) is 6.61 Å². The van der Waals surface area contributed by atoms with Crippen molar-refractivity contribution >= 4 is 27.9 Å². The van der Waals surface area contributed by atoms with Crippen molar-refractivity contribution in [3.8, 4) is 0 Å². The molecule has 25 heavy (non-hydrogen) atoms. The van der Waals surface area contributed by atoms with E-state index < -0.39 is 17.8 Å². The summed E-state index contributed by atoms with van der Waals surface area (Å²) in [6.45, 7) is 3.69. The Morgan fingerprint density at radius 2 is 2.28 bits per heavy atom. The molecule has 10 heteroatoms. The highest BCUT2D eigenvalue weighted by molar-refractivity contribution is 9.10. The number of carbonyl (C=O) groups is 1. The van der Waals surface area contributed by atoms with E-state index in [1.165, 1.54) is 23.1 Å². The number of benzene rings is 1. The van der Waals surface area contributed by atoms with E-state index in [4.69, 9.17) is 4.74 Å². The highest BCUT2D eigenvalue weighted by Gasteiger charge is 2.32. The monoisotopic (exact) mass is 408 g/mol. The van der Waals surface area contributed by atoms with Gasteiger partial charge in [0.2, 0.25) is 5.96 Å². The van der Waals surface area contributed by atoms with Crippen molar-refractivity contribution < 1.29 is 13.9 Å². The molecule has 0 spiro atoms. The number of nitrogens with one attached hydrogen (secondary N) is 1. The maximum atomic E-state index is 13.5. The summed E-state index contributed by atoms with van der Waals surface area (Å²) in [6.07, 6.45) is 1.38. The van der Waals surface area contributed by atoms with Crippen molar-refractivity contribution in [2.24, 2.45) is 4.99 Å². The van der Waals surface area contributed by atoms with Crippen LogP contribution >= 0.6 is 15.9 Å². The molecule has 1 aliphatic heterocycles. The Balaban J connectivity index is 2.11. The third-order valence-electron chi connectivity index (χ3n) is 3.55. The molecule has 8 nitrogen and oxygen atoms in total. The lowest BCUT2D eigenvalue weighted by molar-refractivity contribution is -0.138. The number of tetrazole rings is 1. The first-order chi connectivity index (χ1) is 12.0. The van der Waals surface area contributed by atoms with E-state index in [0.717, 1.165) is 0 Å². The number of aliphatic imine (C=N–C) groups is 1. The molecule has 0 radical (unpaired) electrons. The van der Waals surface area contributed by atoms with Gasteiger partial charge in [-0.15, -0.1) is 5.10 Å². The first-order valence-corrected chi connectivity index (χ1v) is 8.21. The number of allylic oxidation sites excluding steroid dienone is 1. The Morgan fingerprint density at radius 3 is 2.92 bits per heavy atom. The van der Waals surface area contributed by atoms with Gasteiger partial charge >= 0.3 is 5.97 Å². The number of hydrogen-bond donors (Lipinski definition) is 1. The van der Waals surface area contributed by atoms with E-state index >= 15 is 0 Å². The van der Waals surface area contributed by atoms with Crippen LogP contribution in [0.1, 0.15) is 25.5 Å². The predicted octanol–water partition coefficient (Wildman–Crippen LogP) is 1.96. The Hall–Kier alpha value is -2.62. The molecule has 2 heterocycles. The van der Waals surface area contributed by atoms with Crippen LogP contribution in [0.4, 0.5) is 4.39 Å². The number of ether oxygens (including phenoxy) is 1. The maximum Gasteiger partial charge on any atom is 0.338 e. The first-order valence-electron chi connectivity index (χ1n) is 7.42. The lowest BCUT2D eigenvalue weighted by Crippen LogP contribution is -2.36. The second kappa shape index (κ2) is 7.09. The molecule has 1 unspecified atom stereocenters. The molecule has 0 fully saturated rings. The van der Waals surface area contributed by atoms with Gasteiger partial charge in [-0.05, 0) is 42.0 Å². The highest BCUT2D eigenvalue weighted by Crippen LogP contribution is 2.35. The first kappa shape index (κ1) is 17.2. The van der Waals surface area contributed by atoms with E-state index in [1.807, 2.05) is 0 Å². The van der Waals surface area contributed by atoms with Crippen molar-refractivity contribution in [3.63, 3.8) is 0 Å². The van der Waals surface area contributed by atoms with Crippen LogP contribution in [0.2, 0.25) is 0 Å². The van der Waals surface area contributed by atoms with Crippen molar-refractivity contribution in [1.29, 1.82) is 0 Å². The zero-order chi connectivity index (χ0) is 18.0. The summed E-state index contributed by atoms with van der Waals surface area (Å²) in [4.78, 5) is 17.0. The summed E-state index contributed by atoms with van der Waals surface area (Å²) in [5.74, 6) is -0.544. The van der Waals surface area contributed by atoms with E-state index in [9.17, 15) is 9.18 Å². The highest BCUT2D eigenvalue weighted by atomic mass is 79.9. The summed E-state index contributed by atoms with van der Waals surface area (Å²) in [7, 11) is 0. The van der Waals surface area contributed by atoms with Crippen LogP contribution in [0.25, 0.3) is 0 Å². The van der Waals surface area contributed by atoms with E-state index in [1.54, 1.807) is 19.9 Å². The number of aromatic nitrogens is 4. The van der Waals surface area contributed by atoms with Crippen LogP contribution in [0.15, 0.2) is 45.3 Å². The largest absolute Gasteiger partial charge is 0.463 e. The van der Waals surface area contributed by atoms with Crippen LogP contribution in [-0.2, 0) is 9.53 Å². The normalized spacial score (nSPS) is 17.1. The summed E-state index contributed by atoms with van der Waals surface area (Å²) < 4.78 is 20.4. The summed E-state index contributed by atoms with van der Waals surface area (Å²) >= 11 is 3.34. The number of rotatable bonds is 3. The fraction of sp³-hybridized carbons (Fsp3) is 0.267. The summed E-state index contributed by atoms with van der Waals surface area (Å²) in [5.41, 5.74) is 1.52. The van der Waals surface area contributed by atoms with Gasteiger partial charge in [-0.2, -0.15) is 4.68 Å². The van der Waals surface area contributed by atoms with Crippen molar-refractivity contribution in [1.82, 2.24) is 25.5 Å². The van der Waals surface area contributed by atoms with Crippen molar-refractivity contribution in [3.05, 3.63) is 51.6 Å². The number of esters is 1. The van der Waals surface area contributed by atoms with Crippen LogP contribution in [0.5, 0.6) is 0 Å². The fourth-order valence-corrected chi connectivity index (χ4v) is 3.02. The van der Waals surface area contributed by atoms with Crippen molar-refractivity contribution in [2.45, 2.75) is 19.9 Å². The average molecular weight is 409 g/mol. The SMILES string of the molecule is CCOC(=O)C1=C(C)NC(n2cnnn2)=NC1c1ccc(F)cc1Br. The topological polar surface area (TPSA) is 94.3 Å². The quantitative estimate of drug-likeness (QED) is 0.780. The van der Waals surface area contributed by atoms with E-state index in [2.05, 4.69) is 41.8 Å². The van der Waals surface area contributed by atoms with Crippen LogP contribution in [-0.4, -0.2) is 38.7 Å². The molecule has 0 amide bonds. The molecule has 1 aromatic heterocycles. The second-order valence-corrected chi connectivity index (χ2v) is 6.01. The molecule has 2 aromatic rings. The molecule has 1 N–H and O–H groups in total. The number of halogens is 2. The maximum absolute atomic E-state index is 13.5. The van der Waals surface area contributed by atoms with Gasteiger partial charge in [0, 0.05) is 10.2 Å². The molecule has 0 saturated heterocycles. The zero-order valence-corrected chi connectivity index (χ0v) is 15.0. The fourth-order valence-electron chi connectivity index (χ4n) is 2.46. The molecule has 130 valence electrons. The Labute approximate surface area is 150 Å². The minimum atomic E-state index is -0.700. The number of nitrogens with zero attached hydrogens (tertiary/aromatic N) is 5. The Bertz CT molecular complexity index is 865. The zero-order valence-electron chi connectivity index (χ0n) is 13.4. The average Bonchev–Trinajstić information content (AvgIpc) is 3.08. The van der Waals surface area contributed by atoms with Gasteiger partial charge in [0.05, 0.1) is 12.2 Å². The van der Waals surface area contributed by atoms with E-state index in [-0.39, 0.29) is 6.61 Å². The smallest absolute Gasteiger partial charge is 0.338 e. The van der Waals surface area contributed by atoms with Gasteiger partial charge < -0.3 is 10.1 Å². The third-order valence-corrected chi connectivity index (χ3v) is 4.23. The van der Waals surface area contributed by atoms with Crippen LogP contribution in [0.3, 0.4) is 0 Å². The van der Waals surface area contributed by atoms with Gasteiger partial charge in [-0.1, -0.05) is 22.0 Å². The molecule has 0 bridgehead atoms. The summed E-state index contributed by atoms with van der Waals surface area (Å²) in [5, 5.41) is 14.0. The number of hydrogen-bond acceptors (Lipinski definition) is 7. The lowest BCUT2D eigenvalue weighted by atomic mass is 9.96. The molecule has 1 atom stereocenters. The molecular weight excluding hydrogens is 395 g/mol. The van der Waals surface area contributed by atoms with Gasteiger partial charge in [0.15, 0.2) is 0 Å². The Kier molecular flexibility index (Phi) is 4.88. The van der Waals surface area contributed by atoms with Gasteiger partial charge in [0.1, 0.15) is 18.2 Å². The molecular formula is C15H14BrFN6O2. The lowest BCUT2D eigenvalue weighted by Gasteiger charge is -2.26. The molecule has 1 aromatic carbocycles. The van der Waals surface area contributed by atoms with Crippen LogP contribution < -0.4 is 5.32 Å². The Morgan fingerprint density at radius 1 is 1.48 bits per heavy atom. The molecule has 3 rings (SSSR count). The van der Waals surface area contributed by atoms with Crippen LogP contribution in [0, 0.1) is 5.82 Å². The minimum Gasteiger partial charge on any atom is -0.463 e. The molecule has 0 saturated carbocycles. The summed E-state index contributed by atoms with van der Waals surface area (Å²) in [6, 6.07) is 3.51. The van der Waals surface area contributed by atoms with Gasteiger partial charge in [-0.25, -0.2) is 14.2 Å². The third kappa shape index (κ3) is 3.43. The molecule has 0 aliphatic carbocycles. The van der Waals surface area contributed by atoms with Gasteiger partial charge in [0.25, 0.3) is 0 Å². The standard InChI is InChI=1S/C15H14BrFN6O2/c1-3-25-14(24)12-8(2)19-15(23-7-18-21-22-23)20-13(12)10-5-4-9(17)6-11(10)16/h4-7,13H,3H2,1-2H3,(H,19,20). The second-order valence-electron chi connectivity index (χ2n) is 5.16.